The van der Waals surface area contributed by atoms with Crippen LogP contribution in [0.1, 0.15) is 12.5 Å². The number of aromatic amines is 1. The molecule has 0 unspecified atom stereocenters. The summed E-state index contributed by atoms with van der Waals surface area (Å²) in [7, 11) is 4.76. The molecule has 3 aromatic rings. The van der Waals surface area contributed by atoms with Crippen LogP contribution in [0.25, 0.3) is 11.4 Å². The summed E-state index contributed by atoms with van der Waals surface area (Å²) in [6.07, 6.45) is 1.67. The minimum Gasteiger partial charge on any atom is -0.493 e. The Morgan fingerprint density at radius 3 is 2.38 bits per heavy atom. The molecule has 2 aromatic carbocycles. The normalized spacial score (nSPS) is 10.9. The lowest BCUT2D eigenvalue weighted by Crippen LogP contribution is -1.98. The molecular weight excluding hydrogens is 392 g/mol. The summed E-state index contributed by atoms with van der Waals surface area (Å²) in [6, 6.07) is 11.0. The Bertz CT molecular complexity index is 1070. The van der Waals surface area contributed by atoms with Gasteiger partial charge in [0.2, 0.25) is 4.77 Å². The van der Waals surface area contributed by atoms with Crippen LogP contribution in [-0.2, 0) is 0 Å². The van der Waals surface area contributed by atoms with Gasteiger partial charge < -0.3 is 18.9 Å². The molecule has 1 N–H and O–H groups in total. The lowest BCUT2D eigenvalue weighted by atomic mass is 10.2. The van der Waals surface area contributed by atoms with Crippen molar-refractivity contribution in [2.75, 3.05) is 27.9 Å². The molecule has 1 heterocycles. The molecule has 0 fully saturated rings. The highest BCUT2D eigenvalue weighted by Gasteiger charge is 2.12. The van der Waals surface area contributed by atoms with Crippen LogP contribution in [0.15, 0.2) is 41.5 Å². The highest BCUT2D eigenvalue weighted by molar-refractivity contribution is 7.71. The highest BCUT2D eigenvalue weighted by Crippen LogP contribution is 2.32. The number of aromatic nitrogens is 3. The van der Waals surface area contributed by atoms with Crippen molar-refractivity contribution in [2.45, 2.75) is 6.92 Å². The van der Waals surface area contributed by atoms with Crippen molar-refractivity contribution in [3.05, 3.63) is 46.7 Å². The zero-order valence-corrected chi connectivity index (χ0v) is 17.4. The van der Waals surface area contributed by atoms with E-state index in [0.717, 1.165) is 11.1 Å². The fourth-order valence-corrected chi connectivity index (χ4v) is 2.90. The molecule has 0 saturated heterocycles. The van der Waals surface area contributed by atoms with Gasteiger partial charge in [-0.1, -0.05) is 0 Å². The number of hydrogen-bond acceptors (Lipinski definition) is 7. The van der Waals surface area contributed by atoms with Crippen LogP contribution in [0.4, 0.5) is 0 Å². The predicted octanol–water partition coefficient (Wildman–Crippen LogP) is 3.91. The summed E-state index contributed by atoms with van der Waals surface area (Å²) >= 11 is 5.33. The van der Waals surface area contributed by atoms with E-state index in [1.807, 2.05) is 37.3 Å². The van der Waals surface area contributed by atoms with E-state index >= 15 is 0 Å². The fraction of sp³-hybridized carbons (Fsp3) is 0.250. The third-order valence-electron chi connectivity index (χ3n) is 4.10. The van der Waals surface area contributed by atoms with E-state index in [-0.39, 0.29) is 0 Å². The number of hydrogen-bond donors (Lipinski definition) is 1. The molecule has 0 aliphatic rings. The Labute approximate surface area is 173 Å². The topological polar surface area (TPSA) is 82.9 Å². The van der Waals surface area contributed by atoms with Gasteiger partial charge >= 0.3 is 0 Å². The van der Waals surface area contributed by atoms with Crippen molar-refractivity contribution in [1.29, 1.82) is 0 Å². The molecule has 0 radical (unpaired) electrons. The van der Waals surface area contributed by atoms with E-state index < -0.39 is 0 Å². The number of ether oxygens (including phenoxy) is 4. The maximum absolute atomic E-state index is 5.54. The average Bonchev–Trinajstić information content (AvgIpc) is 3.12. The average molecular weight is 414 g/mol. The molecule has 3 rings (SSSR count). The SMILES string of the molecule is CCOc1ccc(C=Nn2c(-c3ccc(OC)c(OC)c3)n[nH]c2=S)cc1OC. The van der Waals surface area contributed by atoms with Gasteiger partial charge in [0, 0.05) is 5.56 Å². The molecule has 1 aromatic heterocycles. The fourth-order valence-electron chi connectivity index (χ4n) is 2.72. The Morgan fingerprint density at radius 2 is 1.69 bits per heavy atom. The predicted molar refractivity (Wildman–Crippen MR) is 113 cm³/mol. The van der Waals surface area contributed by atoms with Gasteiger partial charge in [-0.05, 0) is 61.1 Å². The van der Waals surface area contributed by atoms with E-state index in [4.69, 9.17) is 31.2 Å². The van der Waals surface area contributed by atoms with Crippen LogP contribution in [0.2, 0.25) is 0 Å². The van der Waals surface area contributed by atoms with Crippen molar-refractivity contribution in [2.24, 2.45) is 5.10 Å². The molecule has 0 saturated carbocycles. The minimum atomic E-state index is 0.365. The Morgan fingerprint density at radius 1 is 1.00 bits per heavy atom. The number of methoxy groups -OCH3 is 3. The zero-order chi connectivity index (χ0) is 20.8. The second kappa shape index (κ2) is 9.24. The van der Waals surface area contributed by atoms with Gasteiger partial charge in [0.25, 0.3) is 0 Å². The third kappa shape index (κ3) is 4.40. The number of H-pyrrole nitrogens is 1. The van der Waals surface area contributed by atoms with Crippen molar-refractivity contribution >= 4 is 18.4 Å². The second-order valence-electron chi connectivity index (χ2n) is 5.82. The first-order valence-electron chi connectivity index (χ1n) is 8.86. The monoisotopic (exact) mass is 414 g/mol. The molecular formula is C20H22N4O4S. The summed E-state index contributed by atoms with van der Waals surface area (Å²) in [5.74, 6) is 3.07. The summed E-state index contributed by atoms with van der Waals surface area (Å²) in [6.45, 7) is 2.48. The van der Waals surface area contributed by atoms with Gasteiger partial charge in [-0.25, -0.2) is 5.10 Å². The first-order chi connectivity index (χ1) is 14.1. The third-order valence-corrected chi connectivity index (χ3v) is 4.37. The van der Waals surface area contributed by atoms with Crippen molar-refractivity contribution in [3.8, 4) is 34.4 Å². The molecule has 0 aliphatic carbocycles. The number of nitrogens with one attached hydrogen (secondary N) is 1. The van der Waals surface area contributed by atoms with Gasteiger partial charge in [-0.3, -0.25) is 0 Å². The van der Waals surface area contributed by atoms with E-state index in [1.165, 1.54) is 0 Å². The summed E-state index contributed by atoms with van der Waals surface area (Å²) in [5, 5.41) is 11.6. The van der Waals surface area contributed by atoms with E-state index in [2.05, 4.69) is 15.3 Å². The Balaban J connectivity index is 1.96. The lowest BCUT2D eigenvalue weighted by molar-refractivity contribution is 0.311. The minimum absolute atomic E-state index is 0.365. The smallest absolute Gasteiger partial charge is 0.216 e. The summed E-state index contributed by atoms with van der Waals surface area (Å²) < 4.78 is 23.5. The standard InChI is InChI=1S/C20H22N4O4S/c1-5-28-16-8-6-13(10-17(16)26-3)12-21-24-19(22-23-20(24)29)14-7-9-15(25-2)18(11-14)27-4/h6-12H,5H2,1-4H3,(H,23,29). The molecule has 29 heavy (non-hydrogen) atoms. The molecule has 0 amide bonds. The Kier molecular flexibility index (Phi) is 6.50. The largest absolute Gasteiger partial charge is 0.493 e. The van der Waals surface area contributed by atoms with E-state index in [1.54, 1.807) is 38.3 Å². The summed E-state index contributed by atoms with van der Waals surface area (Å²) in [5.41, 5.74) is 1.60. The van der Waals surface area contributed by atoms with Crippen LogP contribution in [0.5, 0.6) is 23.0 Å². The number of rotatable bonds is 8. The van der Waals surface area contributed by atoms with Gasteiger partial charge in [0.1, 0.15) is 0 Å². The maximum atomic E-state index is 5.54. The molecule has 0 spiro atoms. The van der Waals surface area contributed by atoms with Crippen molar-refractivity contribution < 1.29 is 18.9 Å². The van der Waals surface area contributed by atoms with Crippen LogP contribution in [0, 0.1) is 4.77 Å². The van der Waals surface area contributed by atoms with Crippen molar-refractivity contribution in [3.63, 3.8) is 0 Å². The molecule has 9 heteroatoms. The van der Waals surface area contributed by atoms with Gasteiger partial charge in [0.05, 0.1) is 34.2 Å². The number of nitrogens with zero attached hydrogens (tertiary/aromatic N) is 3. The van der Waals surface area contributed by atoms with Gasteiger partial charge in [-0.2, -0.15) is 14.9 Å². The van der Waals surface area contributed by atoms with Crippen LogP contribution < -0.4 is 18.9 Å². The first-order valence-corrected chi connectivity index (χ1v) is 9.27. The first kappa shape index (κ1) is 20.4. The second-order valence-corrected chi connectivity index (χ2v) is 6.21. The van der Waals surface area contributed by atoms with Crippen LogP contribution in [0.3, 0.4) is 0 Å². The molecule has 0 atom stereocenters. The Hall–Kier alpha value is -3.33. The number of benzene rings is 2. The van der Waals surface area contributed by atoms with Crippen LogP contribution in [-0.4, -0.2) is 49.0 Å². The molecule has 0 aliphatic heterocycles. The van der Waals surface area contributed by atoms with Gasteiger partial charge in [-0.15, -0.1) is 0 Å². The molecule has 0 bridgehead atoms. The maximum Gasteiger partial charge on any atom is 0.216 e. The van der Waals surface area contributed by atoms with Crippen LogP contribution >= 0.6 is 12.2 Å². The van der Waals surface area contributed by atoms with Gasteiger partial charge in [0.15, 0.2) is 28.8 Å². The molecule has 8 nitrogen and oxygen atoms in total. The van der Waals surface area contributed by atoms with Crippen molar-refractivity contribution in [1.82, 2.24) is 14.9 Å². The lowest BCUT2D eigenvalue weighted by Gasteiger charge is -2.10. The van der Waals surface area contributed by atoms with E-state index in [0.29, 0.717) is 40.2 Å². The highest BCUT2D eigenvalue weighted by atomic mass is 32.1. The quantitative estimate of drug-likeness (QED) is 0.444. The molecule has 152 valence electrons. The zero-order valence-electron chi connectivity index (χ0n) is 16.6. The summed E-state index contributed by atoms with van der Waals surface area (Å²) in [4.78, 5) is 0. The van der Waals surface area contributed by atoms with E-state index in [9.17, 15) is 0 Å².